The molecule has 0 bridgehead atoms. The van der Waals surface area contributed by atoms with Crippen LogP contribution in [0.4, 0.5) is 0 Å². The quantitative estimate of drug-likeness (QED) is 0.834. The van der Waals surface area contributed by atoms with Gasteiger partial charge in [0.2, 0.25) is 0 Å². The first-order valence-corrected chi connectivity index (χ1v) is 6.76. The summed E-state index contributed by atoms with van der Waals surface area (Å²) in [4.78, 5) is 23.8. The van der Waals surface area contributed by atoms with Crippen LogP contribution in [0.15, 0.2) is 24.3 Å². The third kappa shape index (κ3) is 2.76. The van der Waals surface area contributed by atoms with E-state index in [1.54, 1.807) is 31.2 Å². The number of para-hydroxylation sites is 1. The molecule has 1 aliphatic rings. The second-order valence-electron chi connectivity index (χ2n) is 5.17. The fraction of sp³-hybridized carbons (Fsp3) is 0.467. The number of carboxylic acid groups (broad SMARTS) is 1. The molecule has 20 heavy (non-hydrogen) atoms. The van der Waals surface area contributed by atoms with Gasteiger partial charge in [-0.15, -0.1) is 0 Å². The average molecular weight is 277 g/mol. The van der Waals surface area contributed by atoms with Crippen molar-refractivity contribution in [1.29, 1.82) is 0 Å². The van der Waals surface area contributed by atoms with Gasteiger partial charge in [0.25, 0.3) is 5.91 Å². The van der Waals surface area contributed by atoms with Gasteiger partial charge in [0.05, 0.1) is 12.2 Å². The number of rotatable bonds is 6. The molecule has 108 valence electrons. The highest BCUT2D eigenvalue weighted by molar-refractivity contribution is 6.00. The Kier molecular flexibility index (Phi) is 3.97. The predicted molar refractivity (Wildman–Crippen MR) is 73.8 cm³/mol. The van der Waals surface area contributed by atoms with Crippen LogP contribution in [0.1, 0.15) is 37.0 Å². The molecule has 5 nitrogen and oxygen atoms in total. The van der Waals surface area contributed by atoms with Crippen LogP contribution in [0.25, 0.3) is 0 Å². The number of benzene rings is 1. The minimum Gasteiger partial charge on any atom is -0.493 e. The summed E-state index contributed by atoms with van der Waals surface area (Å²) in [7, 11) is 0. The van der Waals surface area contributed by atoms with E-state index in [9.17, 15) is 14.7 Å². The smallest absolute Gasteiger partial charge is 0.329 e. The molecule has 0 radical (unpaired) electrons. The highest BCUT2D eigenvalue weighted by Crippen LogP contribution is 2.40. The summed E-state index contributed by atoms with van der Waals surface area (Å²) in [5, 5.41) is 12.0. The van der Waals surface area contributed by atoms with Crippen molar-refractivity contribution < 1.29 is 19.4 Å². The Balaban J connectivity index is 2.21. The standard InChI is InChI=1S/C15H19NO4/c1-3-20-12-7-5-4-6-11(12)13(17)16-15(2,14(18)19)10-8-9-10/h4-7,10H,3,8-9H2,1-2H3,(H,16,17)(H,18,19). The number of hydrogen-bond acceptors (Lipinski definition) is 3. The van der Waals surface area contributed by atoms with Gasteiger partial charge >= 0.3 is 5.97 Å². The summed E-state index contributed by atoms with van der Waals surface area (Å²) in [6.45, 7) is 3.84. The van der Waals surface area contributed by atoms with Crippen molar-refractivity contribution >= 4 is 11.9 Å². The first-order chi connectivity index (χ1) is 9.49. The molecule has 0 heterocycles. The summed E-state index contributed by atoms with van der Waals surface area (Å²) >= 11 is 0. The van der Waals surface area contributed by atoms with Crippen molar-refractivity contribution in [2.75, 3.05) is 6.61 Å². The van der Waals surface area contributed by atoms with E-state index in [1.807, 2.05) is 6.92 Å². The van der Waals surface area contributed by atoms with Crippen LogP contribution >= 0.6 is 0 Å². The van der Waals surface area contributed by atoms with Gasteiger partial charge in [0, 0.05) is 0 Å². The van der Waals surface area contributed by atoms with Crippen LogP contribution in [-0.2, 0) is 4.79 Å². The lowest BCUT2D eigenvalue weighted by atomic mass is 9.95. The molecule has 1 atom stereocenters. The highest BCUT2D eigenvalue weighted by Gasteiger charge is 2.48. The number of carbonyl (C=O) groups excluding carboxylic acids is 1. The summed E-state index contributed by atoms with van der Waals surface area (Å²) in [6.07, 6.45) is 1.66. The van der Waals surface area contributed by atoms with Crippen LogP contribution in [0.3, 0.4) is 0 Å². The summed E-state index contributed by atoms with van der Waals surface area (Å²) in [6, 6.07) is 6.84. The first kappa shape index (κ1) is 14.4. The lowest BCUT2D eigenvalue weighted by Crippen LogP contribution is -2.54. The molecule has 5 heteroatoms. The predicted octanol–water partition coefficient (Wildman–Crippen LogP) is 2.07. The first-order valence-electron chi connectivity index (χ1n) is 6.76. The van der Waals surface area contributed by atoms with E-state index in [-0.39, 0.29) is 5.92 Å². The Labute approximate surface area is 117 Å². The third-order valence-corrected chi connectivity index (χ3v) is 3.64. The number of hydrogen-bond donors (Lipinski definition) is 2. The molecule has 0 aromatic heterocycles. The molecule has 0 saturated heterocycles. The van der Waals surface area contributed by atoms with Gasteiger partial charge in [-0.2, -0.15) is 0 Å². The molecule has 1 unspecified atom stereocenters. The van der Waals surface area contributed by atoms with Crippen molar-refractivity contribution in [2.45, 2.75) is 32.2 Å². The van der Waals surface area contributed by atoms with E-state index in [4.69, 9.17) is 4.74 Å². The second-order valence-corrected chi connectivity index (χ2v) is 5.17. The Morgan fingerprint density at radius 2 is 2.05 bits per heavy atom. The van der Waals surface area contributed by atoms with Gasteiger partial charge < -0.3 is 15.2 Å². The summed E-state index contributed by atoms with van der Waals surface area (Å²) in [5.74, 6) is -0.938. The van der Waals surface area contributed by atoms with Crippen LogP contribution in [0.5, 0.6) is 5.75 Å². The topological polar surface area (TPSA) is 75.6 Å². The maximum absolute atomic E-state index is 12.3. The Bertz CT molecular complexity index is 524. The van der Waals surface area contributed by atoms with Crippen molar-refractivity contribution in [3.8, 4) is 5.75 Å². The SMILES string of the molecule is CCOc1ccccc1C(=O)NC(C)(C(=O)O)C1CC1. The second kappa shape index (κ2) is 5.53. The zero-order chi connectivity index (χ0) is 14.8. The van der Waals surface area contributed by atoms with Gasteiger partial charge in [-0.05, 0) is 44.7 Å². The molecule has 2 rings (SSSR count). The number of amides is 1. The molecule has 1 aromatic carbocycles. The van der Waals surface area contributed by atoms with E-state index >= 15 is 0 Å². The molecule has 1 aromatic rings. The highest BCUT2D eigenvalue weighted by atomic mass is 16.5. The van der Waals surface area contributed by atoms with Crippen molar-refractivity contribution in [3.05, 3.63) is 29.8 Å². The normalized spacial score (nSPS) is 17.1. The maximum atomic E-state index is 12.3. The summed E-state index contributed by atoms with van der Waals surface area (Å²) < 4.78 is 5.40. The van der Waals surface area contributed by atoms with E-state index < -0.39 is 17.4 Å². The average Bonchev–Trinajstić information content (AvgIpc) is 3.24. The third-order valence-electron chi connectivity index (χ3n) is 3.64. The van der Waals surface area contributed by atoms with Gasteiger partial charge in [-0.25, -0.2) is 4.79 Å². The van der Waals surface area contributed by atoms with Crippen LogP contribution in [0, 0.1) is 5.92 Å². The van der Waals surface area contributed by atoms with Crippen LogP contribution in [-0.4, -0.2) is 29.1 Å². The van der Waals surface area contributed by atoms with E-state index in [1.165, 1.54) is 0 Å². The Hall–Kier alpha value is -2.04. The van der Waals surface area contributed by atoms with E-state index in [2.05, 4.69) is 5.32 Å². The van der Waals surface area contributed by atoms with Crippen LogP contribution in [0.2, 0.25) is 0 Å². The molecule has 1 aliphatic carbocycles. The number of ether oxygens (including phenoxy) is 1. The molecule has 1 saturated carbocycles. The van der Waals surface area contributed by atoms with E-state index in [0.29, 0.717) is 17.9 Å². The van der Waals surface area contributed by atoms with Gasteiger partial charge in [0.1, 0.15) is 11.3 Å². The Morgan fingerprint density at radius 1 is 1.40 bits per heavy atom. The minimum absolute atomic E-state index is 0.00297. The lowest BCUT2D eigenvalue weighted by Gasteiger charge is -2.26. The number of aliphatic carboxylic acids is 1. The van der Waals surface area contributed by atoms with Crippen molar-refractivity contribution in [2.24, 2.45) is 5.92 Å². The molecule has 1 amide bonds. The monoisotopic (exact) mass is 277 g/mol. The molecule has 1 fully saturated rings. The fourth-order valence-corrected chi connectivity index (χ4v) is 2.23. The zero-order valence-corrected chi connectivity index (χ0v) is 11.7. The number of nitrogens with one attached hydrogen (secondary N) is 1. The maximum Gasteiger partial charge on any atom is 0.329 e. The Morgan fingerprint density at radius 3 is 2.60 bits per heavy atom. The fourth-order valence-electron chi connectivity index (χ4n) is 2.23. The molecular weight excluding hydrogens is 258 g/mol. The molecule has 2 N–H and O–H groups in total. The minimum atomic E-state index is -1.21. The lowest BCUT2D eigenvalue weighted by molar-refractivity contribution is -0.144. The molecular formula is C15H19NO4. The molecule has 0 spiro atoms. The van der Waals surface area contributed by atoms with Crippen molar-refractivity contribution in [1.82, 2.24) is 5.32 Å². The zero-order valence-electron chi connectivity index (χ0n) is 11.7. The number of carboxylic acids is 1. The summed E-state index contributed by atoms with van der Waals surface area (Å²) in [5.41, 5.74) is -0.848. The van der Waals surface area contributed by atoms with Gasteiger partial charge in [-0.3, -0.25) is 4.79 Å². The largest absolute Gasteiger partial charge is 0.493 e. The van der Waals surface area contributed by atoms with Gasteiger partial charge in [0.15, 0.2) is 0 Å². The van der Waals surface area contributed by atoms with E-state index in [0.717, 1.165) is 12.8 Å². The van der Waals surface area contributed by atoms with Crippen molar-refractivity contribution in [3.63, 3.8) is 0 Å². The van der Waals surface area contributed by atoms with Crippen LogP contribution < -0.4 is 10.1 Å². The molecule has 0 aliphatic heterocycles. The number of carbonyl (C=O) groups is 2. The van der Waals surface area contributed by atoms with Gasteiger partial charge in [-0.1, -0.05) is 12.1 Å².